The predicted molar refractivity (Wildman–Crippen MR) is 94.4 cm³/mol. The molecular weight excluding hydrogens is 381 g/mol. The SMILES string of the molecule is O=C(NCc1cc(Br)cs1)N1CCN(c2ccccc2F)CC1. The molecule has 0 atom stereocenters. The number of rotatable bonds is 3. The number of anilines is 1. The van der Waals surface area contributed by atoms with Crippen LogP contribution in [0, 0.1) is 5.82 Å². The number of benzene rings is 1. The van der Waals surface area contributed by atoms with Gasteiger partial charge in [-0.05, 0) is 34.1 Å². The summed E-state index contributed by atoms with van der Waals surface area (Å²) >= 11 is 5.01. The van der Waals surface area contributed by atoms with Crippen LogP contribution in [0.5, 0.6) is 0 Å². The van der Waals surface area contributed by atoms with Gasteiger partial charge in [0.05, 0.1) is 12.2 Å². The van der Waals surface area contributed by atoms with E-state index in [9.17, 15) is 9.18 Å². The number of urea groups is 1. The first-order valence-corrected chi connectivity index (χ1v) is 9.06. The maximum atomic E-state index is 13.8. The molecule has 3 rings (SSSR count). The molecule has 0 saturated carbocycles. The van der Waals surface area contributed by atoms with Crippen LogP contribution in [0.25, 0.3) is 0 Å². The van der Waals surface area contributed by atoms with Gasteiger partial charge in [0.1, 0.15) is 5.82 Å². The molecule has 7 heteroatoms. The monoisotopic (exact) mass is 397 g/mol. The highest BCUT2D eigenvalue weighted by Gasteiger charge is 2.22. The Morgan fingerprint density at radius 3 is 2.65 bits per heavy atom. The van der Waals surface area contributed by atoms with Crippen LogP contribution in [0.3, 0.4) is 0 Å². The van der Waals surface area contributed by atoms with Crippen LogP contribution >= 0.6 is 27.3 Å². The molecule has 0 aliphatic carbocycles. The molecule has 122 valence electrons. The fourth-order valence-corrected chi connectivity index (χ4v) is 3.97. The molecule has 1 saturated heterocycles. The highest BCUT2D eigenvalue weighted by atomic mass is 79.9. The zero-order valence-electron chi connectivity index (χ0n) is 12.5. The quantitative estimate of drug-likeness (QED) is 0.856. The largest absolute Gasteiger partial charge is 0.366 e. The summed E-state index contributed by atoms with van der Waals surface area (Å²) in [6.07, 6.45) is 0. The molecule has 0 unspecified atom stereocenters. The Balaban J connectivity index is 1.50. The van der Waals surface area contributed by atoms with Gasteiger partial charge >= 0.3 is 6.03 Å². The lowest BCUT2D eigenvalue weighted by Crippen LogP contribution is -2.51. The lowest BCUT2D eigenvalue weighted by molar-refractivity contribution is 0.194. The zero-order chi connectivity index (χ0) is 16.2. The second-order valence-corrected chi connectivity index (χ2v) is 7.23. The number of nitrogens with zero attached hydrogens (tertiary/aromatic N) is 2. The molecular formula is C16H17BrFN3OS. The Bertz CT molecular complexity index is 685. The van der Waals surface area contributed by atoms with Gasteiger partial charge in [0, 0.05) is 40.9 Å². The van der Waals surface area contributed by atoms with Crippen LogP contribution in [-0.4, -0.2) is 37.1 Å². The number of piperazine rings is 1. The Hall–Kier alpha value is -1.60. The van der Waals surface area contributed by atoms with Gasteiger partial charge < -0.3 is 15.1 Å². The van der Waals surface area contributed by atoms with Gasteiger partial charge in [-0.1, -0.05) is 12.1 Å². The van der Waals surface area contributed by atoms with Gasteiger partial charge in [-0.15, -0.1) is 11.3 Å². The lowest BCUT2D eigenvalue weighted by atomic mass is 10.2. The van der Waals surface area contributed by atoms with E-state index in [4.69, 9.17) is 0 Å². The molecule has 1 aromatic heterocycles. The summed E-state index contributed by atoms with van der Waals surface area (Å²) in [5, 5.41) is 4.93. The molecule has 0 bridgehead atoms. The summed E-state index contributed by atoms with van der Waals surface area (Å²) in [5.74, 6) is -0.214. The van der Waals surface area contributed by atoms with Crippen molar-refractivity contribution in [3.8, 4) is 0 Å². The number of halogens is 2. The van der Waals surface area contributed by atoms with Crippen LogP contribution in [-0.2, 0) is 6.54 Å². The van der Waals surface area contributed by atoms with E-state index >= 15 is 0 Å². The maximum absolute atomic E-state index is 13.8. The number of hydrogen-bond acceptors (Lipinski definition) is 3. The van der Waals surface area contributed by atoms with E-state index in [0.717, 1.165) is 9.35 Å². The molecule has 0 radical (unpaired) electrons. The summed E-state index contributed by atoms with van der Waals surface area (Å²) in [6.45, 7) is 2.99. The molecule has 1 aliphatic rings. The van der Waals surface area contributed by atoms with Crippen molar-refractivity contribution in [3.05, 3.63) is 50.9 Å². The minimum Gasteiger partial charge on any atom is -0.366 e. The molecule has 4 nitrogen and oxygen atoms in total. The van der Waals surface area contributed by atoms with E-state index in [0.29, 0.717) is 38.4 Å². The van der Waals surface area contributed by atoms with Gasteiger partial charge in [0.15, 0.2) is 0 Å². The molecule has 0 spiro atoms. The number of nitrogens with one attached hydrogen (secondary N) is 1. The summed E-state index contributed by atoms with van der Waals surface area (Å²) in [5.41, 5.74) is 0.607. The van der Waals surface area contributed by atoms with Crippen LogP contribution in [0.1, 0.15) is 4.88 Å². The van der Waals surface area contributed by atoms with Crippen molar-refractivity contribution in [2.45, 2.75) is 6.54 Å². The molecule has 2 amide bonds. The summed E-state index contributed by atoms with van der Waals surface area (Å²) in [7, 11) is 0. The molecule has 2 aromatic rings. The third-order valence-corrected chi connectivity index (χ3v) is 5.49. The number of hydrogen-bond donors (Lipinski definition) is 1. The first-order valence-electron chi connectivity index (χ1n) is 7.38. The van der Waals surface area contributed by atoms with E-state index in [1.165, 1.54) is 6.07 Å². The number of thiophene rings is 1. The minimum absolute atomic E-state index is 0.0669. The highest BCUT2D eigenvalue weighted by molar-refractivity contribution is 9.10. The number of carbonyl (C=O) groups excluding carboxylic acids is 1. The van der Waals surface area contributed by atoms with E-state index in [1.54, 1.807) is 28.4 Å². The second-order valence-electron chi connectivity index (χ2n) is 5.32. The van der Waals surface area contributed by atoms with E-state index in [-0.39, 0.29) is 11.8 Å². The van der Waals surface area contributed by atoms with E-state index < -0.39 is 0 Å². The average Bonchev–Trinajstić information content (AvgIpc) is 2.99. The van der Waals surface area contributed by atoms with Gasteiger partial charge in [-0.3, -0.25) is 0 Å². The number of amides is 2. The van der Waals surface area contributed by atoms with Gasteiger partial charge in [-0.25, -0.2) is 9.18 Å². The summed E-state index contributed by atoms with van der Waals surface area (Å²) in [4.78, 5) is 17.1. The van der Waals surface area contributed by atoms with E-state index in [1.807, 2.05) is 22.4 Å². The Kier molecular flexibility index (Phi) is 5.17. The molecule has 1 N–H and O–H groups in total. The third-order valence-electron chi connectivity index (χ3n) is 3.80. The van der Waals surface area contributed by atoms with E-state index in [2.05, 4.69) is 21.2 Å². The smallest absolute Gasteiger partial charge is 0.317 e. The van der Waals surface area contributed by atoms with Crippen molar-refractivity contribution in [2.75, 3.05) is 31.1 Å². The average molecular weight is 398 g/mol. The normalized spacial score (nSPS) is 14.9. The van der Waals surface area contributed by atoms with Crippen LogP contribution in [0.4, 0.5) is 14.9 Å². The van der Waals surface area contributed by atoms with Crippen molar-refractivity contribution in [2.24, 2.45) is 0 Å². The van der Waals surface area contributed by atoms with Crippen LogP contribution < -0.4 is 10.2 Å². The van der Waals surface area contributed by atoms with Gasteiger partial charge in [0.25, 0.3) is 0 Å². The number of para-hydroxylation sites is 1. The molecule has 1 fully saturated rings. The fourth-order valence-electron chi connectivity index (χ4n) is 2.58. The minimum atomic E-state index is -0.214. The Labute approximate surface area is 147 Å². The van der Waals surface area contributed by atoms with Gasteiger partial charge in [-0.2, -0.15) is 0 Å². The molecule has 2 heterocycles. The lowest BCUT2D eigenvalue weighted by Gasteiger charge is -2.36. The van der Waals surface area contributed by atoms with Gasteiger partial charge in [0.2, 0.25) is 0 Å². The second kappa shape index (κ2) is 7.31. The van der Waals surface area contributed by atoms with Crippen LogP contribution in [0.15, 0.2) is 40.2 Å². The van der Waals surface area contributed by atoms with Crippen LogP contribution in [0.2, 0.25) is 0 Å². The topological polar surface area (TPSA) is 35.6 Å². The molecule has 23 heavy (non-hydrogen) atoms. The van der Waals surface area contributed by atoms with Crippen molar-refractivity contribution in [3.63, 3.8) is 0 Å². The highest BCUT2D eigenvalue weighted by Crippen LogP contribution is 2.21. The Morgan fingerprint density at radius 2 is 2.00 bits per heavy atom. The summed E-state index contributed by atoms with van der Waals surface area (Å²) in [6, 6.07) is 8.69. The third kappa shape index (κ3) is 4.03. The molecule has 1 aliphatic heterocycles. The standard InChI is InChI=1S/C16H17BrFN3OS/c17-12-9-13(23-11-12)10-19-16(22)21-7-5-20(6-8-21)15-4-2-1-3-14(15)18/h1-4,9,11H,5-8,10H2,(H,19,22). The summed E-state index contributed by atoms with van der Waals surface area (Å²) < 4.78 is 14.8. The first kappa shape index (κ1) is 16.3. The Morgan fingerprint density at radius 1 is 1.26 bits per heavy atom. The molecule has 1 aromatic carbocycles. The van der Waals surface area contributed by atoms with Crippen molar-refractivity contribution < 1.29 is 9.18 Å². The van der Waals surface area contributed by atoms with Crippen molar-refractivity contribution >= 4 is 39.0 Å². The zero-order valence-corrected chi connectivity index (χ0v) is 14.9. The first-order chi connectivity index (χ1) is 11.1. The fraction of sp³-hybridized carbons (Fsp3) is 0.312. The van der Waals surface area contributed by atoms with Crippen molar-refractivity contribution in [1.29, 1.82) is 0 Å². The van der Waals surface area contributed by atoms with Crippen molar-refractivity contribution in [1.82, 2.24) is 10.2 Å². The number of carbonyl (C=O) groups is 1. The maximum Gasteiger partial charge on any atom is 0.317 e. The predicted octanol–water partition coefficient (Wildman–Crippen LogP) is 3.68.